The normalized spacial score (nSPS) is 10.6. The molecule has 0 spiro atoms. The van der Waals surface area contributed by atoms with E-state index in [1.807, 2.05) is 18.2 Å². The molecule has 0 aliphatic rings. The Morgan fingerprint density at radius 2 is 1.86 bits per heavy atom. The molecule has 28 heavy (non-hydrogen) atoms. The molecule has 2 aromatic carbocycles. The Bertz CT molecular complexity index is 1230. The monoisotopic (exact) mass is 370 g/mol. The summed E-state index contributed by atoms with van der Waals surface area (Å²) in [7, 11) is 1.52. The van der Waals surface area contributed by atoms with Gasteiger partial charge in [-0.25, -0.2) is 4.79 Å². The zero-order valence-electron chi connectivity index (χ0n) is 14.8. The third-order valence-electron chi connectivity index (χ3n) is 4.46. The van der Waals surface area contributed by atoms with Crippen LogP contribution in [0.5, 0.6) is 5.75 Å². The second-order valence-electron chi connectivity index (χ2n) is 6.09. The quantitative estimate of drug-likeness (QED) is 0.557. The Kier molecular flexibility index (Phi) is 4.26. The van der Waals surface area contributed by atoms with Crippen molar-refractivity contribution in [1.29, 1.82) is 5.26 Å². The minimum absolute atomic E-state index is 0.209. The van der Waals surface area contributed by atoms with Gasteiger partial charge in [-0.05, 0) is 35.9 Å². The van der Waals surface area contributed by atoms with Gasteiger partial charge in [0, 0.05) is 23.4 Å². The first-order valence-corrected chi connectivity index (χ1v) is 8.41. The SMILES string of the molecule is COc1ccc(-c2ccnc3cc(-c4ccc(C(=O)O)cc4)oc23)cc1C#N. The first kappa shape index (κ1) is 17.3. The van der Waals surface area contributed by atoms with Gasteiger partial charge in [-0.15, -0.1) is 0 Å². The molecular formula is C22H14N2O4. The molecule has 0 radical (unpaired) electrons. The van der Waals surface area contributed by atoms with E-state index in [9.17, 15) is 10.1 Å². The van der Waals surface area contributed by atoms with Crippen LogP contribution >= 0.6 is 0 Å². The number of aromatic carboxylic acids is 1. The number of aromatic nitrogens is 1. The van der Waals surface area contributed by atoms with Crippen LogP contribution in [-0.4, -0.2) is 23.2 Å². The summed E-state index contributed by atoms with van der Waals surface area (Å²) in [5, 5.41) is 18.4. The first-order chi connectivity index (χ1) is 13.6. The second-order valence-corrected chi connectivity index (χ2v) is 6.09. The van der Waals surface area contributed by atoms with Gasteiger partial charge in [0.05, 0.1) is 18.2 Å². The number of benzene rings is 2. The number of pyridine rings is 1. The van der Waals surface area contributed by atoms with Crippen LogP contribution in [0.15, 0.2) is 65.2 Å². The van der Waals surface area contributed by atoms with Crippen LogP contribution in [-0.2, 0) is 0 Å². The lowest BCUT2D eigenvalue weighted by Gasteiger charge is -2.06. The van der Waals surface area contributed by atoms with Crippen molar-refractivity contribution in [2.45, 2.75) is 0 Å². The zero-order valence-corrected chi connectivity index (χ0v) is 14.8. The molecule has 2 heterocycles. The number of rotatable bonds is 4. The number of carboxylic acid groups (broad SMARTS) is 1. The molecule has 0 fully saturated rings. The molecule has 0 bridgehead atoms. The van der Waals surface area contributed by atoms with E-state index in [1.54, 1.807) is 30.5 Å². The number of nitriles is 1. The lowest BCUT2D eigenvalue weighted by atomic mass is 10.0. The van der Waals surface area contributed by atoms with E-state index >= 15 is 0 Å². The molecule has 1 N–H and O–H groups in total. The van der Waals surface area contributed by atoms with Gasteiger partial charge in [0.1, 0.15) is 23.1 Å². The van der Waals surface area contributed by atoms with Gasteiger partial charge in [0.25, 0.3) is 0 Å². The number of hydrogen-bond acceptors (Lipinski definition) is 5. The summed E-state index contributed by atoms with van der Waals surface area (Å²) in [6, 6.07) is 17.6. The Morgan fingerprint density at radius 3 is 2.54 bits per heavy atom. The van der Waals surface area contributed by atoms with Crippen molar-refractivity contribution in [3.63, 3.8) is 0 Å². The molecule has 4 aromatic rings. The van der Waals surface area contributed by atoms with Crippen LogP contribution in [0.2, 0.25) is 0 Å². The van der Waals surface area contributed by atoms with Crippen LogP contribution in [0, 0.1) is 11.3 Å². The highest BCUT2D eigenvalue weighted by atomic mass is 16.5. The van der Waals surface area contributed by atoms with Gasteiger partial charge in [-0.2, -0.15) is 5.26 Å². The summed E-state index contributed by atoms with van der Waals surface area (Å²) < 4.78 is 11.2. The molecular weight excluding hydrogens is 356 g/mol. The van der Waals surface area contributed by atoms with E-state index < -0.39 is 5.97 Å². The van der Waals surface area contributed by atoms with Crippen LogP contribution < -0.4 is 4.74 Å². The number of furan rings is 1. The largest absolute Gasteiger partial charge is 0.495 e. The summed E-state index contributed by atoms with van der Waals surface area (Å²) in [4.78, 5) is 15.4. The standard InChI is InChI=1S/C22H14N2O4/c1-27-19-7-6-15(10-16(19)12-23)17-8-9-24-18-11-20(28-21(17)18)13-2-4-14(5-3-13)22(25)26/h2-11H,1H3,(H,25,26). The average molecular weight is 370 g/mol. The number of fused-ring (bicyclic) bond motifs is 1. The maximum Gasteiger partial charge on any atom is 0.335 e. The number of nitrogens with zero attached hydrogens (tertiary/aromatic N) is 2. The maximum absolute atomic E-state index is 11.0. The van der Waals surface area contributed by atoms with E-state index in [4.69, 9.17) is 14.3 Å². The van der Waals surface area contributed by atoms with Crippen molar-refractivity contribution in [2.75, 3.05) is 7.11 Å². The lowest BCUT2D eigenvalue weighted by Crippen LogP contribution is -1.94. The molecule has 0 amide bonds. The molecule has 4 rings (SSSR count). The number of methoxy groups -OCH3 is 1. The average Bonchev–Trinajstić information content (AvgIpc) is 3.17. The summed E-state index contributed by atoms with van der Waals surface area (Å²) >= 11 is 0. The minimum Gasteiger partial charge on any atom is -0.495 e. The Morgan fingerprint density at radius 1 is 1.11 bits per heavy atom. The van der Waals surface area contributed by atoms with E-state index in [1.165, 1.54) is 19.2 Å². The van der Waals surface area contributed by atoms with Gasteiger partial charge >= 0.3 is 5.97 Å². The molecule has 0 aliphatic carbocycles. The molecule has 6 nitrogen and oxygen atoms in total. The number of ether oxygens (including phenoxy) is 1. The van der Waals surface area contributed by atoms with Crippen molar-refractivity contribution in [3.05, 3.63) is 71.9 Å². The fourth-order valence-corrected chi connectivity index (χ4v) is 3.05. The van der Waals surface area contributed by atoms with E-state index in [0.29, 0.717) is 28.2 Å². The van der Waals surface area contributed by atoms with E-state index in [2.05, 4.69) is 11.1 Å². The lowest BCUT2D eigenvalue weighted by molar-refractivity contribution is 0.0697. The van der Waals surface area contributed by atoms with Gasteiger partial charge in [-0.3, -0.25) is 4.98 Å². The van der Waals surface area contributed by atoms with Crippen LogP contribution in [0.1, 0.15) is 15.9 Å². The van der Waals surface area contributed by atoms with Crippen molar-refractivity contribution in [2.24, 2.45) is 0 Å². The number of carbonyl (C=O) groups is 1. The molecule has 0 atom stereocenters. The van der Waals surface area contributed by atoms with Gasteiger partial charge in [-0.1, -0.05) is 18.2 Å². The van der Waals surface area contributed by atoms with Gasteiger partial charge in [0.15, 0.2) is 5.58 Å². The summed E-state index contributed by atoms with van der Waals surface area (Å²) in [6.07, 6.45) is 1.68. The van der Waals surface area contributed by atoms with E-state index in [0.717, 1.165) is 16.7 Å². The van der Waals surface area contributed by atoms with Crippen LogP contribution in [0.4, 0.5) is 0 Å². The van der Waals surface area contributed by atoms with Crippen molar-refractivity contribution in [1.82, 2.24) is 4.98 Å². The topological polar surface area (TPSA) is 96.3 Å². The number of hydrogen-bond donors (Lipinski definition) is 1. The highest BCUT2D eigenvalue weighted by molar-refractivity contribution is 5.93. The molecule has 2 aromatic heterocycles. The maximum atomic E-state index is 11.0. The second kappa shape index (κ2) is 6.89. The van der Waals surface area contributed by atoms with Gasteiger partial charge in [0.2, 0.25) is 0 Å². The summed E-state index contributed by atoms with van der Waals surface area (Å²) in [5.74, 6) is 0.115. The van der Waals surface area contributed by atoms with Crippen LogP contribution in [0.3, 0.4) is 0 Å². The van der Waals surface area contributed by atoms with E-state index in [-0.39, 0.29) is 5.56 Å². The fraction of sp³-hybridized carbons (Fsp3) is 0.0455. The fourth-order valence-electron chi connectivity index (χ4n) is 3.05. The highest BCUT2D eigenvalue weighted by Crippen LogP contribution is 2.35. The minimum atomic E-state index is -0.979. The smallest absolute Gasteiger partial charge is 0.335 e. The molecule has 136 valence electrons. The predicted octanol–water partition coefficient (Wildman–Crippen LogP) is 4.74. The Hall–Kier alpha value is -4.11. The molecule has 0 aliphatic heterocycles. The van der Waals surface area contributed by atoms with Crippen molar-refractivity contribution >= 4 is 17.1 Å². The molecule has 6 heteroatoms. The third kappa shape index (κ3) is 2.95. The zero-order chi connectivity index (χ0) is 19.7. The summed E-state index contributed by atoms with van der Waals surface area (Å²) in [6.45, 7) is 0. The van der Waals surface area contributed by atoms with Crippen molar-refractivity contribution in [3.8, 4) is 34.3 Å². The predicted molar refractivity (Wildman–Crippen MR) is 103 cm³/mol. The van der Waals surface area contributed by atoms with Crippen molar-refractivity contribution < 1.29 is 19.1 Å². The third-order valence-corrected chi connectivity index (χ3v) is 4.46. The first-order valence-electron chi connectivity index (χ1n) is 8.41. The molecule has 0 saturated heterocycles. The molecule has 0 saturated carbocycles. The summed E-state index contributed by atoms with van der Waals surface area (Å²) in [5.41, 5.74) is 4.27. The highest BCUT2D eigenvalue weighted by Gasteiger charge is 2.14. The Labute approximate surface area is 160 Å². The Balaban J connectivity index is 1.82. The molecule has 0 unspecified atom stereocenters. The number of carboxylic acids is 1. The van der Waals surface area contributed by atoms with Gasteiger partial charge < -0.3 is 14.3 Å². The van der Waals surface area contributed by atoms with Crippen LogP contribution in [0.25, 0.3) is 33.6 Å².